The monoisotopic (exact) mass is 363 g/mol. The molecule has 3 fully saturated rings. The zero-order chi connectivity index (χ0) is 18.2. The van der Waals surface area contributed by atoms with Crippen LogP contribution in [-0.2, 0) is 11.3 Å². The van der Waals surface area contributed by atoms with Crippen molar-refractivity contribution in [2.45, 2.75) is 25.4 Å². The fourth-order valence-electron chi connectivity index (χ4n) is 4.19. The molecule has 1 aromatic carbocycles. The van der Waals surface area contributed by atoms with Crippen LogP contribution in [0, 0.1) is 5.92 Å². The number of aromatic nitrogens is 5. The van der Waals surface area contributed by atoms with Crippen molar-refractivity contribution >= 4 is 22.9 Å². The van der Waals surface area contributed by atoms with Crippen molar-refractivity contribution in [3.63, 3.8) is 0 Å². The predicted octanol–water partition coefficient (Wildman–Crippen LogP) is 1.35. The number of piperidine rings is 1. The van der Waals surface area contributed by atoms with Crippen LogP contribution in [0.1, 0.15) is 12.8 Å². The number of hydrogen-bond acceptors (Lipinski definition) is 6. The Bertz CT molecular complexity index is 924. The lowest BCUT2D eigenvalue weighted by Crippen LogP contribution is -2.48. The van der Waals surface area contributed by atoms with E-state index in [1.54, 1.807) is 12.4 Å². The third kappa shape index (κ3) is 3.11. The first-order chi connectivity index (χ1) is 13.3. The van der Waals surface area contributed by atoms with Crippen LogP contribution in [0.25, 0.3) is 11.0 Å². The maximum absolute atomic E-state index is 13.0. The van der Waals surface area contributed by atoms with Crippen molar-refractivity contribution in [3.05, 3.63) is 42.7 Å². The normalized spacial score (nSPS) is 22.2. The number of carbonyl (C=O) groups is 1. The van der Waals surface area contributed by atoms with Gasteiger partial charge in [-0.3, -0.25) is 4.79 Å². The second-order valence-electron chi connectivity index (χ2n) is 7.32. The van der Waals surface area contributed by atoms with Crippen molar-refractivity contribution in [2.24, 2.45) is 5.92 Å². The van der Waals surface area contributed by atoms with Gasteiger partial charge in [-0.25, -0.2) is 9.97 Å². The van der Waals surface area contributed by atoms with Crippen LogP contribution in [0.15, 0.2) is 42.7 Å². The molecule has 6 rings (SSSR count). The van der Waals surface area contributed by atoms with E-state index in [0.29, 0.717) is 5.92 Å². The molecule has 3 saturated heterocycles. The van der Waals surface area contributed by atoms with E-state index < -0.39 is 0 Å². The highest BCUT2D eigenvalue weighted by molar-refractivity contribution is 5.77. The van der Waals surface area contributed by atoms with E-state index in [4.69, 9.17) is 0 Å². The average molecular weight is 363 g/mol. The van der Waals surface area contributed by atoms with Gasteiger partial charge in [0.15, 0.2) is 0 Å². The van der Waals surface area contributed by atoms with Gasteiger partial charge in [-0.1, -0.05) is 12.1 Å². The summed E-state index contributed by atoms with van der Waals surface area (Å²) in [6.07, 6.45) is 5.70. The summed E-state index contributed by atoms with van der Waals surface area (Å²) in [6.45, 7) is 2.64. The summed E-state index contributed by atoms with van der Waals surface area (Å²) in [4.78, 5) is 27.5. The molecule has 138 valence electrons. The molecule has 2 bridgehead atoms. The molecule has 1 amide bonds. The minimum absolute atomic E-state index is 0.0841. The molecule has 0 saturated carbocycles. The van der Waals surface area contributed by atoms with Gasteiger partial charge in [0.25, 0.3) is 0 Å². The van der Waals surface area contributed by atoms with Crippen molar-refractivity contribution in [2.75, 3.05) is 24.5 Å². The number of carbonyl (C=O) groups excluding carboxylic acids is 1. The van der Waals surface area contributed by atoms with Gasteiger partial charge in [0, 0.05) is 38.1 Å². The first-order valence-electron chi connectivity index (χ1n) is 9.37. The van der Waals surface area contributed by atoms with E-state index >= 15 is 0 Å². The maximum atomic E-state index is 13.0. The zero-order valence-electron chi connectivity index (χ0n) is 15.0. The van der Waals surface area contributed by atoms with Crippen molar-refractivity contribution in [3.8, 4) is 0 Å². The number of fused-ring (bicyclic) bond motifs is 5. The third-order valence-electron chi connectivity index (χ3n) is 5.47. The predicted molar refractivity (Wildman–Crippen MR) is 100.0 cm³/mol. The number of anilines is 1. The number of hydrogen-bond donors (Lipinski definition) is 0. The van der Waals surface area contributed by atoms with Crippen LogP contribution in [0.5, 0.6) is 0 Å². The molecular weight excluding hydrogens is 342 g/mol. The van der Waals surface area contributed by atoms with Gasteiger partial charge < -0.3 is 9.80 Å². The topological polar surface area (TPSA) is 80.0 Å². The number of amides is 1. The maximum Gasteiger partial charge on any atom is 0.246 e. The Morgan fingerprint density at radius 1 is 0.963 bits per heavy atom. The van der Waals surface area contributed by atoms with Crippen molar-refractivity contribution in [1.82, 2.24) is 29.9 Å². The fraction of sp³-hybridized carbons (Fsp3) is 0.421. The standard InChI is InChI=1S/C19H21N7O/c27-18(13-26-22-16-4-1-2-5-17(16)23-26)25-11-14-6-7-15(25)12-24(10-14)19-20-8-3-9-21-19/h1-5,8-9,14-15H,6-7,10-13H2/t14-,15+/m0/s1. The Hall–Kier alpha value is -3.03. The highest BCUT2D eigenvalue weighted by Crippen LogP contribution is 2.29. The SMILES string of the molecule is O=C(Cn1nc2ccccc2n1)N1C[C@H]2CC[C@@H]1CN(c1ncccn1)C2. The summed E-state index contributed by atoms with van der Waals surface area (Å²) < 4.78 is 0. The van der Waals surface area contributed by atoms with Gasteiger partial charge in [-0.2, -0.15) is 15.0 Å². The van der Waals surface area contributed by atoms with Gasteiger partial charge in [-0.15, -0.1) is 0 Å². The molecule has 8 heteroatoms. The van der Waals surface area contributed by atoms with Gasteiger partial charge in [0.2, 0.25) is 11.9 Å². The molecule has 0 spiro atoms. The minimum atomic E-state index is 0.0841. The molecule has 2 aromatic heterocycles. The zero-order valence-corrected chi connectivity index (χ0v) is 15.0. The summed E-state index contributed by atoms with van der Waals surface area (Å²) in [5.41, 5.74) is 1.63. The molecule has 3 aliphatic heterocycles. The van der Waals surface area contributed by atoms with Gasteiger partial charge in [0.1, 0.15) is 17.6 Å². The lowest BCUT2D eigenvalue weighted by atomic mass is 9.95. The average Bonchev–Trinajstić information content (AvgIpc) is 2.88. The lowest BCUT2D eigenvalue weighted by Gasteiger charge is -2.35. The van der Waals surface area contributed by atoms with Crippen LogP contribution in [0.3, 0.4) is 0 Å². The Morgan fingerprint density at radius 3 is 2.44 bits per heavy atom. The molecule has 0 radical (unpaired) electrons. The molecule has 2 atom stereocenters. The quantitative estimate of drug-likeness (QED) is 0.699. The lowest BCUT2D eigenvalue weighted by molar-refractivity contribution is -0.136. The molecule has 8 nitrogen and oxygen atoms in total. The molecule has 0 aliphatic carbocycles. The molecule has 0 unspecified atom stereocenters. The number of rotatable bonds is 3. The van der Waals surface area contributed by atoms with E-state index in [1.807, 2.05) is 35.2 Å². The van der Waals surface area contributed by atoms with E-state index in [-0.39, 0.29) is 18.5 Å². The Balaban J connectivity index is 1.33. The summed E-state index contributed by atoms with van der Waals surface area (Å²) in [6, 6.07) is 9.69. The minimum Gasteiger partial charge on any atom is -0.338 e. The second kappa shape index (κ2) is 6.61. The van der Waals surface area contributed by atoms with Crippen molar-refractivity contribution in [1.29, 1.82) is 0 Å². The fourth-order valence-corrected chi connectivity index (χ4v) is 4.19. The van der Waals surface area contributed by atoms with Crippen LogP contribution in [-0.4, -0.2) is 61.4 Å². The molecule has 3 aliphatic rings. The van der Waals surface area contributed by atoms with Crippen LogP contribution < -0.4 is 4.90 Å². The van der Waals surface area contributed by atoms with E-state index in [0.717, 1.165) is 49.5 Å². The van der Waals surface area contributed by atoms with E-state index in [1.165, 1.54) is 4.80 Å². The van der Waals surface area contributed by atoms with Crippen molar-refractivity contribution < 1.29 is 4.79 Å². The summed E-state index contributed by atoms with van der Waals surface area (Å²) >= 11 is 0. The third-order valence-corrected chi connectivity index (χ3v) is 5.47. The Labute approximate surface area is 156 Å². The summed E-state index contributed by atoms with van der Waals surface area (Å²) in [5.74, 6) is 1.28. The first-order valence-corrected chi connectivity index (χ1v) is 9.37. The summed E-state index contributed by atoms with van der Waals surface area (Å²) in [7, 11) is 0. The van der Waals surface area contributed by atoms with E-state index in [9.17, 15) is 4.79 Å². The molecule has 0 N–H and O–H groups in total. The van der Waals surface area contributed by atoms with Crippen LogP contribution >= 0.6 is 0 Å². The van der Waals surface area contributed by atoms with Crippen LogP contribution in [0.4, 0.5) is 5.95 Å². The molecular formula is C19H21N7O. The smallest absolute Gasteiger partial charge is 0.246 e. The van der Waals surface area contributed by atoms with Crippen LogP contribution in [0.2, 0.25) is 0 Å². The number of benzene rings is 1. The highest BCUT2D eigenvalue weighted by atomic mass is 16.2. The molecule has 5 heterocycles. The van der Waals surface area contributed by atoms with Gasteiger partial charge >= 0.3 is 0 Å². The molecule has 27 heavy (non-hydrogen) atoms. The second-order valence-corrected chi connectivity index (χ2v) is 7.32. The van der Waals surface area contributed by atoms with Gasteiger partial charge in [0.05, 0.1) is 0 Å². The first kappa shape index (κ1) is 16.2. The Morgan fingerprint density at radius 2 is 1.70 bits per heavy atom. The van der Waals surface area contributed by atoms with E-state index in [2.05, 4.69) is 25.1 Å². The number of nitrogens with zero attached hydrogens (tertiary/aromatic N) is 7. The Kier molecular flexibility index (Phi) is 3.95. The van der Waals surface area contributed by atoms with Gasteiger partial charge in [-0.05, 0) is 37.0 Å². The molecule has 3 aromatic rings. The highest BCUT2D eigenvalue weighted by Gasteiger charge is 2.38. The largest absolute Gasteiger partial charge is 0.338 e. The summed E-state index contributed by atoms with van der Waals surface area (Å²) in [5, 5.41) is 8.85.